The van der Waals surface area contributed by atoms with Crippen LogP contribution in [0.2, 0.25) is 0 Å². The molecular weight excluding hydrogens is 214 g/mol. The van der Waals surface area contributed by atoms with Crippen LogP contribution in [-0.4, -0.2) is 23.6 Å². The summed E-state index contributed by atoms with van der Waals surface area (Å²) in [6, 6.07) is 0.786. The van der Waals surface area contributed by atoms with Crippen LogP contribution in [0, 0.1) is 0 Å². The molecular formula is C14H29NS. The maximum Gasteiger partial charge on any atom is 0.0184 e. The van der Waals surface area contributed by atoms with Crippen LogP contribution in [0.25, 0.3) is 0 Å². The van der Waals surface area contributed by atoms with Gasteiger partial charge in [0.2, 0.25) is 0 Å². The van der Waals surface area contributed by atoms with Gasteiger partial charge in [0.1, 0.15) is 0 Å². The van der Waals surface area contributed by atoms with Gasteiger partial charge in [-0.15, -0.1) is 0 Å². The van der Waals surface area contributed by atoms with Crippen LogP contribution in [0.5, 0.6) is 0 Å². The van der Waals surface area contributed by atoms with E-state index in [0.717, 1.165) is 11.3 Å². The lowest BCUT2D eigenvalue weighted by Gasteiger charge is -2.29. The van der Waals surface area contributed by atoms with E-state index < -0.39 is 0 Å². The molecule has 2 unspecified atom stereocenters. The SMILES string of the molecule is CCCCCCCCNC1CCCSC1C. The predicted molar refractivity (Wildman–Crippen MR) is 76.3 cm³/mol. The Kier molecular flexibility index (Phi) is 8.40. The van der Waals surface area contributed by atoms with Crippen molar-refractivity contribution in [1.29, 1.82) is 0 Å². The Labute approximate surface area is 106 Å². The van der Waals surface area contributed by atoms with E-state index in [0.29, 0.717) is 0 Å². The summed E-state index contributed by atoms with van der Waals surface area (Å²) in [5, 5.41) is 4.57. The molecule has 2 atom stereocenters. The van der Waals surface area contributed by atoms with E-state index in [9.17, 15) is 0 Å². The molecule has 0 aromatic carbocycles. The third kappa shape index (κ3) is 6.15. The van der Waals surface area contributed by atoms with Crippen LogP contribution in [0.1, 0.15) is 65.2 Å². The molecule has 1 nitrogen and oxygen atoms in total. The van der Waals surface area contributed by atoms with Gasteiger partial charge in [-0.2, -0.15) is 11.8 Å². The Morgan fingerprint density at radius 3 is 2.62 bits per heavy atom. The summed E-state index contributed by atoms with van der Waals surface area (Å²) < 4.78 is 0. The number of unbranched alkanes of at least 4 members (excludes halogenated alkanes) is 5. The second-order valence-corrected chi connectivity index (χ2v) is 6.53. The highest BCUT2D eigenvalue weighted by Gasteiger charge is 2.20. The molecule has 0 bridgehead atoms. The molecule has 1 N–H and O–H groups in total. The second kappa shape index (κ2) is 9.35. The Morgan fingerprint density at radius 1 is 1.12 bits per heavy atom. The van der Waals surface area contributed by atoms with Gasteiger partial charge in [-0.25, -0.2) is 0 Å². The summed E-state index contributed by atoms with van der Waals surface area (Å²) in [6.45, 7) is 5.90. The highest BCUT2D eigenvalue weighted by atomic mass is 32.2. The molecule has 16 heavy (non-hydrogen) atoms. The van der Waals surface area contributed by atoms with Crippen molar-refractivity contribution in [1.82, 2.24) is 5.32 Å². The van der Waals surface area contributed by atoms with E-state index in [1.807, 2.05) is 0 Å². The standard InChI is InChI=1S/C14H29NS/c1-3-4-5-6-7-8-11-15-14-10-9-12-16-13(14)2/h13-15H,3-12H2,1-2H3. The van der Waals surface area contributed by atoms with Crippen LogP contribution in [0.4, 0.5) is 0 Å². The fourth-order valence-corrected chi connectivity index (χ4v) is 3.55. The molecule has 0 radical (unpaired) electrons. The number of thioether (sulfide) groups is 1. The summed E-state index contributed by atoms with van der Waals surface area (Å²) in [4.78, 5) is 0. The molecule has 0 aliphatic carbocycles. The Morgan fingerprint density at radius 2 is 1.88 bits per heavy atom. The monoisotopic (exact) mass is 243 g/mol. The zero-order valence-electron chi connectivity index (χ0n) is 11.1. The first-order chi connectivity index (χ1) is 7.84. The van der Waals surface area contributed by atoms with Gasteiger partial charge >= 0.3 is 0 Å². The van der Waals surface area contributed by atoms with Crippen molar-refractivity contribution >= 4 is 11.8 Å². The average Bonchev–Trinajstić information content (AvgIpc) is 2.30. The minimum atomic E-state index is 0.786. The molecule has 0 spiro atoms. The van der Waals surface area contributed by atoms with Gasteiger partial charge in [-0.05, 0) is 31.6 Å². The van der Waals surface area contributed by atoms with Crippen LogP contribution in [0.15, 0.2) is 0 Å². The van der Waals surface area contributed by atoms with Gasteiger partial charge in [0.15, 0.2) is 0 Å². The normalized spacial score (nSPS) is 25.9. The van der Waals surface area contributed by atoms with E-state index in [-0.39, 0.29) is 0 Å². The molecule has 0 saturated carbocycles. The molecule has 1 fully saturated rings. The molecule has 1 aliphatic heterocycles. The first kappa shape index (κ1) is 14.4. The first-order valence-electron chi connectivity index (χ1n) is 7.19. The van der Waals surface area contributed by atoms with E-state index in [1.165, 1.54) is 63.7 Å². The lowest BCUT2D eigenvalue weighted by atomic mass is 10.1. The van der Waals surface area contributed by atoms with Gasteiger partial charge in [-0.1, -0.05) is 46.0 Å². The maximum atomic E-state index is 3.74. The number of rotatable bonds is 8. The van der Waals surface area contributed by atoms with E-state index in [2.05, 4.69) is 30.9 Å². The van der Waals surface area contributed by atoms with Crippen molar-refractivity contribution in [2.75, 3.05) is 12.3 Å². The average molecular weight is 243 g/mol. The largest absolute Gasteiger partial charge is 0.313 e. The topological polar surface area (TPSA) is 12.0 Å². The number of nitrogens with one attached hydrogen (secondary N) is 1. The first-order valence-corrected chi connectivity index (χ1v) is 8.24. The van der Waals surface area contributed by atoms with Crippen molar-refractivity contribution in [3.05, 3.63) is 0 Å². The molecule has 0 amide bonds. The van der Waals surface area contributed by atoms with E-state index in [1.54, 1.807) is 0 Å². The predicted octanol–water partition coefficient (Wildman–Crippen LogP) is 4.22. The third-order valence-electron chi connectivity index (χ3n) is 3.54. The molecule has 96 valence electrons. The Bertz CT molecular complexity index is 161. The van der Waals surface area contributed by atoms with Gasteiger partial charge in [0.25, 0.3) is 0 Å². The molecule has 2 heteroatoms. The summed E-state index contributed by atoms with van der Waals surface area (Å²) in [5.74, 6) is 1.37. The summed E-state index contributed by atoms with van der Waals surface area (Å²) in [5.41, 5.74) is 0. The Hall–Kier alpha value is 0.310. The van der Waals surface area contributed by atoms with Crippen LogP contribution >= 0.6 is 11.8 Å². The lowest BCUT2D eigenvalue weighted by molar-refractivity contribution is 0.450. The maximum absolute atomic E-state index is 3.74. The molecule has 1 aliphatic rings. The van der Waals surface area contributed by atoms with Crippen molar-refractivity contribution in [2.24, 2.45) is 0 Å². The highest BCUT2D eigenvalue weighted by Crippen LogP contribution is 2.24. The quantitative estimate of drug-likeness (QED) is 0.641. The molecule has 1 heterocycles. The summed E-state index contributed by atoms with van der Waals surface area (Å²) in [6.07, 6.45) is 11.2. The minimum absolute atomic E-state index is 0.786. The van der Waals surface area contributed by atoms with Gasteiger partial charge in [0.05, 0.1) is 0 Å². The Balaban J connectivity index is 1.90. The molecule has 0 aromatic heterocycles. The van der Waals surface area contributed by atoms with Crippen molar-refractivity contribution in [3.63, 3.8) is 0 Å². The van der Waals surface area contributed by atoms with E-state index in [4.69, 9.17) is 0 Å². The van der Waals surface area contributed by atoms with Crippen molar-refractivity contribution in [2.45, 2.75) is 76.5 Å². The number of hydrogen-bond acceptors (Lipinski definition) is 2. The van der Waals surface area contributed by atoms with E-state index >= 15 is 0 Å². The van der Waals surface area contributed by atoms with Crippen LogP contribution in [-0.2, 0) is 0 Å². The van der Waals surface area contributed by atoms with Crippen molar-refractivity contribution < 1.29 is 0 Å². The smallest absolute Gasteiger partial charge is 0.0184 e. The van der Waals surface area contributed by atoms with Crippen LogP contribution in [0.3, 0.4) is 0 Å². The summed E-state index contributed by atoms with van der Waals surface area (Å²) in [7, 11) is 0. The lowest BCUT2D eigenvalue weighted by Crippen LogP contribution is -2.39. The highest BCUT2D eigenvalue weighted by molar-refractivity contribution is 7.99. The van der Waals surface area contributed by atoms with Crippen LogP contribution < -0.4 is 5.32 Å². The summed E-state index contributed by atoms with van der Waals surface area (Å²) >= 11 is 2.14. The second-order valence-electron chi connectivity index (χ2n) is 5.05. The fraction of sp³-hybridized carbons (Fsp3) is 1.00. The van der Waals surface area contributed by atoms with Crippen molar-refractivity contribution in [3.8, 4) is 0 Å². The molecule has 1 rings (SSSR count). The molecule has 1 saturated heterocycles. The van der Waals surface area contributed by atoms with Gasteiger partial charge in [0, 0.05) is 11.3 Å². The zero-order valence-corrected chi connectivity index (χ0v) is 12.0. The molecule has 0 aromatic rings. The third-order valence-corrected chi connectivity index (χ3v) is 4.92. The number of hydrogen-bond donors (Lipinski definition) is 1. The fourth-order valence-electron chi connectivity index (χ4n) is 2.38. The zero-order chi connectivity index (χ0) is 11.6. The van der Waals surface area contributed by atoms with Gasteiger partial charge < -0.3 is 5.32 Å². The van der Waals surface area contributed by atoms with Gasteiger partial charge in [-0.3, -0.25) is 0 Å². The minimum Gasteiger partial charge on any atom is -0.313 e.